The molecule has 0 atom stereocenters. The molecule has 2 aromatic carbocycles. The average Bonchev–Trinajstić information content (AvgIpc) is 2.61. The van der Waals surface area contributed by atoms with E-state index in [0.29, 0.717) is 29.6 Å². The van der Waals surface area contributed by atoms with Crippen LogP contribution >= 0.6 is 0 Å². The van der Waals surface area contributed by atoms with E-state index in [9.17, 15) is 9.59 Å². The van der Waals surface area contributed by atoms with E-state index in [1.165, 1.54) is 6.92 Å². The molecule has 0 heterocycles. The Morgan fingerprint density at radius 3 is 2.35 bits per heavy atom. The summed E-state index contributed by atoms with van der Waals surface area (Å²) in [4.78, 5) is 25.8. The lowest BCUT2D eigenvalue weighted by atomic mass is 10.1. The van der Waals surface area contributed by atoms with E-state index in [0.717, 1.165) is 6.42 Å². The number of nitrogens with one attached hydrogen (secondary N) is 1. The second-order valence-electron chi connectivity index (χ2n) is 6.58. The molecule has 0 aromatic heterocycles. The van der Waals surface area contributed by atoms with Crippen molar-refractivity contribution >= 4 is 17.5 Å². The van der Waals surface area contributed by atoms with Crippen LogP contribution in [0.4, 0.5) is 5.69 Å². The van der Waals surface area contributed by atoms with Crippen molar-refractivity contribution in [3.8, 4) is 11.5 Å². The Balaban J connectivity index is 2.03. The van der Waals surface area contributed by atoms with Crippen molar-refractivity contribution in [3.05, 3.63) is 54.6 Å². The second-order valence-corrected chi connectivity index (χ2v) is 6.58. The maximum atomic E-state index is 12.4. The summed E-state index contributed by atoms with van der Waals surface area (Å²) in [5.41, 5.74) is 0.578. The van der Waals surface area contributed by atoms with E-state index < -0.39 is 0 Å². The highest BCUT2D eigenvalue weighted by atomic mass is 16.5. The maximum Gasteiger partial charge on any atom is 0.244 e. The number of hydrogen-bond acceptors (Lipinski definition) is 3. The third-order valence-electron chi connectivity index (χ3n) is 3.89. The molecule has 0 aliphatic carbocycles. The van der Waals surface area contributed by atoms with Gasteiger partial charge in [0.15, 0.2) is 5.75 Å². The first-order valence-electron chi connectivity index (χ1n) is 8.83. The summed E-state index contributed by atoms with van der Waals surface area (Å²) < 4.78 is 5.85. The molecule has 0 fully saturated rings. The third-order valence-corrected chi connectivity index (χ3v) is 3.89. The molecule has 0 aliphatic heterocycles. The summed E-state index contributed by atoms with van der Waals surface area (Å²) >= 11 is 0. The van der Waals surface area contributed by atoms with Gasteiger partial charge in [0.2, 0.25) is 11.8 Å². The summed E-state index contributed by atoms with van der Waals surface area (Å²) in [6.07, 6.45) is 0.862. The molecule has 0 aliphatic rings. The predicted molar refractivity (Wildman–Crippen MR) is 103 cm³/mol. The van der Waals surface area contributed by atoms with Gasteiger partial charge < -0.3 is 15.0 Å². The lowest BCUT2D eigenvalue weighted by molar-refractivity contribution is -0.132. The molecule has 138 valence electrons. The van der Waals surface area contributed by atoms with E-state index in [1.54, 1.807) is 17.0 Å². The normalized spacial score (nSPS) is 10.5. The number of benzene rings is 2. The van der Waals surface area contributed by atoms with Crippen molar-refractivity contribution in [3.63, 3.8) is 0 Å². The number of carbonyl (C=O) groups is 2. The molecule has 2 rings (SSSR count). The zero-order valence-corrected chi connectivity index (χ0v) is 15.6. The Hall–Kier alpha value is -2.82. The fraction of sp³-hybridized carbons (Fsp3) is 0.333. The minimum Gasteiger partial charge on any atom is -0.455 e. The first-order valence-corrected chi connectivity index (χ1v) is 8.83. The number of hydrogen-bond donors (Lipinski definition) is 1. The lowest BCUT2D eigenvalue weighted by Gasteiger charge is -2.22. The molecule has 0 spiro atoms. The second kappa shape index (κ2) is 9.61. The van der Waals surface area contributed by atoms with E-state index in [4.69, 9.17) is 4.74 Å². The number of amides is 2. The van der Waals surface area contributed by atoms with Crippen LogP contribution < -0.4 is 10.1 Å². The van der Waals surface area contributed by atoms with E-state index >= 15 is 0 Å². The SMILES string of the molecule is CC(=O)N(CCC(C)C)CC(=O)Nc1ccccc1Oc1ccccc1. The molecule has 0 unspecified atom stereocenters. The van der Waals surface area contributed by atoms with E-state index in [2.05, 4.69) is 19.2 Å². The monoisotopic (exact) mass is 354 g/mol. The summed E-state index contributed by atoms with van der Waals surface area (Å²) in [5.74, 6) is 1.38. The zero-order valence-electron chi connectivity index (χ0n) is 15.6. The summed E-state index contributed by atoms with van der Waals surface area (Å²) in [5, 5.41) is 2.85. The van der Waals surface area contributed by atoms with Gasteiger partial charge in [0.05, 0.1) is 12.2 Å². The van der Waals surface area contributed by atoms with Crippen molar-refractivity contribution in [1.82, 2.24) is 4.90 Å². The molecule has 0 radical (unpaired) electrons. The van der Waals surface area contributed by atoms with Gasteiger partial charge in [-0.2, -0.15) is 0 Å². The zero-order chi connectivity index (χ0) is 18.9. The van der Waals surface area contributed by atoms with Crippen molar-refractivity contribution in [1.29, 1.82) is 0 Å². The van der Waals surface area contributed by atoms with Crippen molar-refractivity contribution in [2.45, 2.75) is 27.2 Å². The van der Waals surface area contributed by atoms with Gasteiger partial charge in [-0.15, -0.1) is 0 Å². The Kier molecular flexibility index (Phi) is 7.21. The highest BCUT2D eigenvalue weighted by molar-refractivity contribution is 5.95. The number of carbonyl (C=O) groups excluding carboxylic acids is 2. The van der Waals surface area contributed by atoms with Gasteiger partial charge >= 0.3 is 0 Å². The van der Waals surface area contributed by atoms with Crippen LogP contribution in [0, 0.1) is 5.92 Å². The van der Waals surface area contributed by atoms with Crippen LogP contribution in [0.5, 0.6) is 11.5 Å². The molecule has 0 bridgehead atoms. The molecule has 2 aromatic rings. The van der Waals surface area contributed by atoms with Gasteiger partial charge in [-0.1, -0.05) is 44.2 Å². The molecule has 5 nitrogen and oxygen atoms in total. The number of ether oxygens (including phenoxy) is 1. The molecule has 2 amide bonds. The van der Waals surface area contributed by atoms with Crippen LogP contribution in [0.2, 0.25) is 0 Å². The number of anilines is 1. The van der Waals surface area contributed by atoms with Crippen LogP contribution in [0.3, 0.4) is 0 Å². The molecule has 1 N–H and O–H groups in total. The third kappa shape index (κ3) is 6.24. The van der Waals surface area contributed by atoms with Crippen LogP contribution in [-0.2, 0) is 9.59 Å². The van der Waals surface area contributed by atoms with Crippen molar-refractivity contribution in [2.24, 2.45) is 5.92 Å². The van der Waals surface area contributed by atoms with Gasteiger partial charge in [-0.3, -0.25) is 9.59 Å². The highest BCUT2D eigenvalue weighted by Crippen LogP contribution is 2.29. The fourth-order valence-corrected chi connectivity index (χ4v) is 2.40. The van der Waals surface area contributed by atoms with Crippen LogP contribution in [0.25, 0.3) is 0 Å². The standard InChI is InChI=1S/C21H26N2O3/c1-16(2)13-14-23(17(3)24)15-21(25)22-19-11-7-8-12-20(19)26-18-9-5-4-6-10-18/h4-12,16H,13-15H2,1-3H3,(H,22,25). The molecule has 26 heavy (non-hydrogen) atoms. The topological polar surface area (TPSA) is 58.6 Å². The molecule has 5 heteroatoms. The van der Waals surface area contributed by atoms with Gasteiger partial charge in [-0.25, -0.2) is 0 Å². The Morgan fingerprint density at radius 1 is 1.04 bits per heavy atom. The van der Waals surface area contributed by atoms with Crippen LogP contribution in [0.1, 0.15) is 27.2 Å². The summed E-state index contributed by atoms with van der Waals surface area (Å²) in [7, 11) is 0. The first kappa shape index (κ1) is 19.5. The van der Waals surface area contributed by atoms with Gasteiger partial charge in [0, 0.05) is 13.5 Å². The quantitative estimate of drug-likeness (QED) is 0.768. The smallest absolute Gasteiger partial charge is 0.244 e. The molecular weight excluding hydrogens is 328 g/mol. The van der Waals surface area contributed by atoms with Crippen molar-refractivity contribution < 1.29 is 14.3 Å². The number of rotatable bonds is 8. The minimum atomic E-state index is -0.243. The average molecular weight is 354 g/mol. The molecule has 0 saturated heterocycles. The van der Waals surface area contributed by atoms with Crippen molar-refractivity contribution in [2.75, 3.05) is 18.4 Å². The predicted octanol–water partition coefficient (Wildman–Crippen LogP) is 4.31. The Labute approximate surface area is 155 Å². The highest BCUT2D eigenvalue weighted by Gasteiger charge is 2.15. The minimum absolute atomic E-state index is 0.0295. The van der Waals surface area contributed by atoms with E-state index in [-0.39, 0.29) is 18.4 Å². The lowest BCUT2D eigenvalue weighted by Crippen LogP contribution is -2.37. The van der Waals surface area contributed by atoms with Gasteiger partial charge in [-0.05, 0) is 36.6 Å². The Morgan fingerprint density at radius 2 is 1.69 bits per heavy atom. The fourth-order valence-electron chi connectivity index (χ4n) is 2.40. The Bertz CT molecular complexity index is 729. The summed E-state index contributed by atoms with van der Waals surface area (Å²) in [6.45, 7) is 6.27. The van der Waals surface area contributed by atoms with Gasteiger partial charge in [0.1, 0.15) is 5.75 Å². The van der Waals surface area contributed by atoms with E-state index in [1.807, 2.05) is 42.5 Å². The van der Waals surface area contributed by atoms with Crippen LogP contribution in [0.15, 0.2) is 54.6 Å². The molecular formula is C21H26N2O3. The molecule has 0 saturated carbocycles. The first-order chi connectivity index (χ1) is 12.5. The maximum absolute atomic E-state index is 12.4. The van der Waals surface area contributed by atoms with Crippen LogP contribution in [-0.4, -0.2) is 29.8 Å². The summed E-state index contributed by atoms with van der Waals surface area (Å²) in [6, 6.07) is 16.6. The number of para-hydroxylation sites is 3. The number of nitrogens with zero attached hydrogens (tertiary/aromatic N) is 1. The largest absolute Gasteiger partial charge is 0.455 e. The van der Waals surface area contributed by atoms with Gasteiger partial charge in [0.25, 0.3) is 0 Å².